The molecule has 0 atom stereocenters. The van der Waals surface area contributed by atoms with Crippen molar-refractivity contribution in [1.29, 1.82) is 0 Å². The predicted molar refractivity (Wildman–Crippen MR) is 116 cm³/mol. The first kappa shape index (κ1) is 21.3. The summed E-state index contributed by atoms with van der Waals surface area (Å²) >= 11 is 7.47. The van der Waals surface area contributed by atoms with Gasteiger partial charge in [0, 0.05) is 24.6 Å². The molecule has 8 heteroatoms. The number of hydrogen-bond acceptors (Lipinski definition) is 4. The second kappa shape index (κ2) is 10.4. The summed E-state index contributed by atoms with van der Waals surface area (Å²) in [5.74, 6) is -0.644. The molecule has 0 saturated heterocycles. The zero-order valence-electron chi connectivity index (χ0n) is 16.0. The molecule has 0 spiro atoms. The van der Waals surface area contributed by atoms with Crippen LogP contribution in [0, 0.1) is 0 Å². The SMILES string of the molecule is O=C(CCNC(=O)c1ccc(Cl)c(NC(=O)c2cccs2)c1)NC1CCCCC1. The minimum Gasteiger partial charge on any atom is -0.353 e. The molecule has 1 aliphatic rings. The van der Waals surface area contributed by atoms with E-state index in [4.69, 9.17) is 11.6 Å². The van der Waals surface area contributed by atoms with Crippen LogP contribution in [0.3, 0.4) is 0 Å². The molecule has 2 aromatic rings. The summed E-state index contributed by atoms with van der Waals surface area (Å²) in [6.45, 7) is 0.247. The molecule has 0 aliphatic heterocycles. The second-order valence-corrected chi connectivity index (χ2v) is 8.39. The molecule has 1 aliphatic carbocycles. The van der Waals surface area contributed by atoms with Crippen molar-refractivity contribution in [3.8, 4) is 0 Å². The number of hydrogen-bond donors (Lipinski definition) is 3. The first-order valence-corrected chi connectivity index (χ1v) is 11.0. The normalized spacial score (nSPS) is 14.2. The first-order chi connectivity index (χ1) is 14.0. The number of carbonyl (C=O) groups excluding carboxylic acids is 3. The standard InChI is InChI=1S/C21H24ClN3O3S/c22-16-9-8-14(13-17(16)25-21(28)18-7-4-12-29-18)20(27)23-11-10-19(26)24-15-5-2-1-3-6-15/h4,7-9,12-13,15H,1-3,5-6,10-11H2,(H,23,27)(H,24,26)(H,25,28). The fourth-order valence-electron chi connectivity index (χ4n) is 3.29. The lowest BCUT2D eigenvalue weighted by atomic mass is 9.95. The Morgan fingerprint density at radius 2 is 1.86 bits per heavy atom. The van der Waals surface area contributed by atoms with E-state index >= 15 is 0 Å². The topological polar surface area (TPSA) is 87.3 Å². The molecule has 1 heterocycles. The molecule has 6 nitrogen and oxygen atoms in total. The maximum atomic E-state index is 12.4. The molecule has 0 unspecified atom stereocenters. The van der Waals surface area contributed by atoms with Crippen LogP contribution in [0.25, 0.3) is 0 Å². The molecule has 3 N–H and O–H groups in total. The molecule has 29 heavy (non-hydrogen) atoms. The number of rotatable bonds is 7. The quantitative estimate of drug-likeness (QED) is 0.610. The summed E-state index contributed by atoms with van der Waals surface area (Å²) in [6, 6.07) is 8.44. The molecule has 154 valence electrons. The van der Waals surface area contributed by atoms with E-state index in [1.807, 2.05) is 5.38 Å². The first-order valence-electron chi connectivity index (χ1n) is 9.75. The summed E-state index contributed by atoms with van der Waals surface area (Å²) in [6.07, 6.45) is 5.84. The summed E-state index contributed by atoms with van der Waals surface area (Å²) in [5, 5.41) is 10.6. The van der Waals surface area contributed by atoms with Crippen molar-refractivity contribution in [1.82, 2.24) is 10.6 Å². The van der Waals surface area contributed by atoms with E-state index in [0.717, 1.165) is 25.7 Å². The van der Waals surface area contributed by atoms with Crippen molar-refractivity contribution in [2.24, 2.45) is 0 Å². The van der Waals surface area contributed by atoms with Gasteiger partial charge < -0.3 is 16.0 Å². The number of amides is 3. The van der Waals surface area contributed by atoms with Crippen molar-refractivity contribution in [3.63, 3.8) is 0 Å². The van der Waals surface area contributed by atoms with Gasteiger partial charge in [-0.1, -0.05) is 36.9 Å². The number of carbonyl (C=O) groups is 3. The van der Waals surface area contributed by atoms with Crippen molar-refractivity contribution < 1.29 is 14.4 Å². The second-order valence-electron chi connectivity index (χ2n) is 7.03. The zero-order valence-corrected chi connectivity index (χ0v) is 17.6. The van der Waals surface area contributed by atoms with Crippen LogP contribution < -0.4 is 16.0 Å². The molecule has 0 radical (unpaired) electrons. The van der Waals surface area contributed by atoms with Gasteiger partial charge in [0.1, 0.15) is 0 Å². The molecule has 3 amide bonds. The minimum atomic E-state index is -0.321. The average Bonchev–Trinajstić information content (AvgIpc) is 3.25. The van der Waals surface area contributed by atoms with Crippen LogP contribution >= 0.6 is 22.9 Å². The number of anilines is 1. The van der Waals surface area contributed by atoms with Crippen LogP contribution in [0.5, 0.6) is 0 Å². The number of halogens is 1. The van der Waals surface area contributed by atoms with E-state index in [-0.39, 0.29) is 36.7 Å². The highest BCUT2D eigenvalue weighted by Gasteiger charge is 2.16. The van der Waals surface area contributed by atoms with E-state index in [1.165, 1.54) is 23.8 Å². The molecular weight excluding hydrogens is 410 g/mol. The van der Waals surface area contributed by atoms with Crippen LogP contribution in [0.2, 0.25) is 5.02 Å². The largest absolute Gasteiger partial charge is 0.353 e. The third-order valence-corrected chi connectivity index (χ3v) is 6.03. The molecular formula is C21H24ClN3O3S. The van der Waals surface area contributed by atoms with E-state index in [0.29, 0.717) is 21.2 Å². The van der Waals surface area contributed by atoms with Gasteiger partial charge in [-0.25, -0.2) is 0 Å². The third kappa shape index (κ3) is 6.30. The van der Waals surface area contributed by atoms with E-state index < -0.39 is 0 Å². The van der Waals surface area contributed by atoms with Gasteiger partial charge in [-0.05, 0) is 42.5 Å². The highest BCUT2D eigenvalue weighted by Crippen LogP contribution is 2.24. The summed E-state index contributed by atoms with van der Waals surface area (Å²) in [5.41, 5.74) is 0.733. The third-order valence-electron chi connectivity index (χ3n) is 4.83. The maximum absolute atomic E-state index is 12.4. The van der Waals surface area contributed by atoms with Crippen molar-refractivity contribution in [2.75, 3.05) is 11.9 Å². The molecule has 0 bridgehead atoms. The smallest absolute Gasteiger partial charge is 0.265 e. The van der Waals surface area contributed by atoms with Gasteiger partial charge in [-0.3, -0.25) is 14.4 Å². The predicted octanol–water partition coefficient (Wildman–Crippen LogP) is 4.22. The van der Waals surface area contributed by atoms with Gasteiger partial charge in [0.15, 0.2) is 0 Å². The van der Waals surface area contributed by atoms with Gasteiger partial charge in [0.05, 0.1) is 15.6 Å². The summed E-state index contributed by atoms with van der Waals surface area (Å²) in [4.78, 5) is 37.2. The van der Waals surface area contributed by atoms with Crippen LogP contribution in [0.1, 0.15) is 58.6 Å². The lowest BCUT2D eigenvalue weighted by molar-refractivity contribution is -0.121. The van der Waals surface area contributed by atoms with Gasteiger partial charge in [0.25, 0.3) is 11.8 Å². The van der Waals surface area contributed by atoms with E-state index in [1.54, 1.807) is 24.3 Å². The van der Waals surface area contributed by atoms with Crippen LogP contribution in [-0.2, 0) is 4.79 Å². The fourth-order valence-corrected chi connectivity index (χ4v) is 4.08. The van der Waals surface area contributed by atoms with Crippen LogP contribution in [0.4, 0.5) is 5.69 Å². The lowest BCUT2D eigenvalue weighted by Gasteiger charge is -2.22. The van der Waals surface area contributed by atoms with Crippen LogP contribution in [-0.4, -0.2) is 30.3 Å². The molecule has 3 rings (SSSR count). The number of thiophene rings is 1. The number of nitrogens with one attached hydrogen (secondary N) is 3. The Hall–Kier alpha value is -2.38. The highest BCUT2D eigenvalue weighted by molar-refractivity contribution is 7.12. The van der Waals surface area contributed by atoms with Crippen molar-refractivity contribution in [3.05, 3.63) is 51.2 Å². The number of benzene rings is 1. The Bertz CT molecular complexity index is 864. The highest BCUT2D eigenvalue weighted by atomic mass is 35.5. The molecule has 1 aromatic heterocycles. The van der Waals surface area contributed by atoms with Gasteiger partial charge in [-0.2, -0.15) is 0 Å². The Balaban J connectivity index is 1.50. The minimum absolute atomic E-state index is 0.0443. The Labute approximate surface area is 179 Å². The van der Waals surface area contributed by atoms with Crippen molar-refractivity contribution in [2.45, 2.75) is 44.6 Å². The Kier molecular flexibility index (Phi) is 7.66. The Morgan fingerprint density at radius 3 is 2.59 bits per heavy atom. The lowest BCUT2D eigenvalue weighted by Crippen LogP contribution is -2.38. The fraction of sp³-hybridized carbons (Fsp3) is 0.381. The van der Waals surface area contributed by atoms with Gasteiger partial charge >= 0.3 is 0 Å². The zero-order chi connectivity index (χ0) is 20.6. The van der Waals surface area contributed by atoms with Crippen molar-refractivity contribution >= 4 is 46.3 Å². The average molecular weight is 434 g/mol. The molecule has 1 aromatic carbocycles. The van der Waals surface area contributed by atoms with E-state index in [2.05, 4.69) is 16.0 Å². The summed E-state index contributed by atoms with van der Waals surface area (Å²) < 4.78 is 0. The Morgan fingerprint density at radius 1 is 1.07 bits per heavy atom. The molecule has 1 saturated carbocycles. The molecule has 1 fully saturated rings. The maximum Gasteiger partial charge on any atom is 0.265 e. The van der Waals surface area contributed by atoms with E-state index in [9.17, 15) is 14.4 Å². The monoisotopic (exact) mass is 433 g/mol. The van der Waals surface area contributed by atoms with Gasteiger partial charge in [0.2, 0.25) is 5.91 Å². The summed E-state index contributed by atoms with van der Waals surface area (Å²) in [7, 11) is 0. The van der Waals surface area contributed by atoms with Gasteiger partial charge in [-0.15, -0.1) is 11.3 Å². The van der Waals surface area contributed by atoms with Crippen LogP contribution in [0.15, 0.2) is 35.7 Å².